The van der Waals surface area contributed by atoms with Crippen LogP contribution in [0, 0.1) is 0 Å². The third-order valence-corrected chi connectivity index (χ3v) is 4.27. The van der Waals surface area contributed by atoms with Crippen LogP contribution in [0.25, 0.3) is 0 Å². The molecule has 0 unspecified atom stereocenters. The van der Waals surface area contributed by atoms with E-state index in [0.717, 1.165) is 6.04 Å². The lowest BCUT2D eigenvalue weighted by atomic mass is 10.1. The van der Waals surface area contributed by atoms with Gasteiger partial charge in [-0.3, -0.25) is 4.90 Å². The van der Waals surface area contributed by atoms with E-state index in [1.807, 2.05) is 0 Å². The molecule has 0 aromatic heterocycles. The Morgan fingerprint density at radius 3 is 2.57 bits per heavy atom. The van der Waals surface area contributed by atoms with Crippen molar-refractivity contribution in [3.8, 4) is 0 Å². The second kappa shape index (κ2) is 4.19. The maximum Gasteiger partial charge on any atom is 0.135 e. The Bertz CT molecular complexity index is 187. The predicted octanol–water partition coefficient (Wildman–Crippen LogP) is 2.06. The highest BCUT2D eigenvalue weighted by Crippen LogP contribution is 2.26. The summed E-state index contributed by atoms with van der Waals surface area (Å²) >= 11 is 0. The Labute approximate surface area is 88.5 Å². The Kier molecular flexibility index (Phi) is 3.13. The largest absolute Gasteiger partial charge is 0.314 e. The SMILES string of the molecule is CC[N@+]1(C)CCCN(C2CCCC2)C1. The predicted molar refractivity (Wildman–Crippen MR) is 60.0 cm³/mol. The molecule has 2 aliphatic rings. The fraction of sp³-hybridized carbons (Fsp3) is 1.00. The van der Waals surface area contributed by atoms with E-state index in [-0.39, 0.29) is 0 Å². The first-order valence-corrected chi connectivity index (χ1v) is 6.31. The fourth-order valence-corrected chi connectivity index (χ4v) is 3.06. The van der Waals surface area contributed by atoms with E-state index in [4.69, 9.17) is 0 Å². The van der Waals surface area contributed by atoms with Gasteiger partial charge in [-0.1, -0.05) is 12.8 Å². The third-order valence-electron chi connectivity index (χ3n) is 4.27. The molecule has 2 nitrogen and oxygen atoms in total. The average Bonchev–Trinajstić information content (AvgIpc) is 2.71. The molecular formula is C12H25N2+. The molecule has 82 valence electrons. The van der Waals surface area contributed by atoms with Gasteiger partial charge in [0.2, 0.25) is 0 Å². The van der Waals surface area contributed by atoms with E-state index in [0.29, 0.717) is 0 Å². The van der Waals surface area contributed by atoms with Crippen molar-refractivity contribution in [2.45, 2.75) is 45.1 Å². The zero-order valence-electron chi connectivity index (χ0n) is 9.84. The molecule has 0 aromatic rings. The van der Waals surface area contributed by atoms with Gasteiger partial charge in [-0.25, -0.2) is 0 Å². The van der Waals surface area contributed by atoms with Crippen LogP contribution in [0.15, 0.2) is 0 Å². The lowest BCUT2D eigenvalue weighted by Gasteiger charge is -2.44. The van der Waals surface area contributed by atoms with Crippen LogP contribution in [0.4, 0.5) is 0 Å². The molecule has 0 bridgehead atoms. The number of nitrogens with zero attached hydrogens (tertiary/aromatic N) is 2. The third kappa shape index (κ3) is 2.12. The second-order valence-electron chi connectivity index (χ2n) is 5.40. The zero-order valence-corrected chi connectivity index (χ0v) is 9.84. The van der Waals surface area contributed by atoms with Crippen LogP contribution in [0.1, 0.15) is 39.0 Å². The van der Waals surface area contributed by atoms with Gasteiger partial charge in [0, 0.05) is 19.0 Å². The van der Waals surface area contributed by atoms with Crippen LogP contribution in [0.2, 0.25) is 0 Å². The molecule has 0 radical (unpaired) electrons. The summed E-state index contributed by atoms with van der Waals surface area (Å²) in [6, 6.07) is 0.930. The summed E-state index contributed by atoms with van der Waals surface area (Å²) < 4.78 is 1.27. The van der Waals surface area contributed by atoms with Crippen LogP contribution in [-0.2, 0) is 0 Å². The van der Waals surface area contributed by atoms with Crippen LogP contribution >= 0.6 is 0 Å². The summed E-state index contributed by atoms with van der Waals surface area (Å²) in [5, 5.41) is 0. The Hall–Kier alpha value is -0.0800. The summed E-state index contributed by atoms with van der Waals surface area (Å²) in [6.07, 6.45) is 7.27. The lowest BCUT2D eigenvalue weighted by molar-refractivity contribution is -0.923. The molecule has 1 atom stereocenters. The van der Waals surface area contributed by atoms with Gasteiger partial charge in [0.1, 0.15) is 6.67 Å². The van der Waals surface area contributed by atoms with Crippen molar-refractivity contribution >= 4 is 0 Å². The molecule has 2 heteroatoms. The highest BCUT2D eigenvalue weighted by atomic mass is 15.5. The Morgan fingerprint density at radius 2 is 1.93 bits per heavy atom. The van der Waals surface area contributed by atoms with Crippen LogP contribution in [0.3, 0.4) is 0 Å². The molecule has 1 heterocycles. The van der Waals surface area contributed by atoms with E-state index in [1.54, 1.807) is 0 Å². The van der Waals surface area contributed by atoms with Crippen molar-refractivity contribution < 1.29 is 4.48 Å². The van der Waals surface area contributed by atoms with E-state index in [2.05, 4.69) is 18.9 Å². The van der Waals surface area contributed by atoms with Gasteiger partial charge in [0.15, 0.2) is 0 Å². The molecule has 1 saturated carbocycles. The molecule has 14 heavy (non-hydrogen) atoms. The van der Waals surface area contributed by atoms with Crippen molar-refractivity contribution in [1.29, 1.82) is 0 Å². The van der Waals surface area contributed by atoms with E-state index in [1.165, 1.54) is 62.9 Å². The Balaban J connectivity index is 1.93. The minimum Gasteiger partial charge on any atom is -0.314 e. The monoisotopic (exact) mass is 197 g/mol. The number of quaternary nitrogens is 1. The van der Waals surface area contributed by atoms with E-state index < -0.39 is 0 Å². The fourth-order valence-electron chi connectivity index (χ4n) is 3.06. The minimum absolute atomic E-state index is 0.930. The maximum absolute atomic E-state index is 2.76. The highest BCUT2D eigenvalue weighted by molar-refractivity contribution is 4.77. The summed E-state index contributed by atoms with van der Waals surface area (Å²) in [7, 11) is 2.42. The van der Waals surface area contributed by atoms with Gasteiger partial charge in [0.25, 0.3) is 0 Å². The van der Waals surface area contributed by atoms with Crippen LogP contribution < -0.4 is 0 Å². The number of hydrogen-bond donors (Lipinski definition) is 0. The first kappa shape index (κ1) is 10.4. The molecule has 0 N–H and O–H groups in total. The second-order valence-corrected chi connectivity index (χ2v) is 5.40. The maximum atomic E-state index is 2.76. The minimum atomic E-state index is 0.930. The molecule has 0 amide bonds. The number of rotatable bonds is 2. The molecule has 1 aliphatic carbocycles. The molecule has 1 aliphatic heterocycles. The van der Waals surface area contributed by atoms with Gasteiger partial charge in [-0.15, -0.1) is 0 Å². The normalized spacial score (nSPS) is 36.4. The molecular weight excluding hydrogens is 172 g/mol. The van der Waals surface area contributed by atoms with Crippen LogP contribution in [0.5, 0.6) is 0 Å². The Morgan fingerprint density at radius 1 is 1.21 bits per heavy atom. The first-order valence-electron chi connectivity index (χ1n) is 6.31. The number of hydrogen-bond acceptors (Lipinski definition) is 1. The summed E-state index contributed by atoms with van der Waals surface area (Å²) in [4.78, 5) is 2.76. The first-order chi connectivity index (χ1) is 6.73. The summed E-state index contributed by atoms with van der Waals surface area (Å²) in [6.45, 7) is 7.68. The molecule has 2 fully saturated rings. The highest BCUT2D eigenvalue weighted by Gasteiger charge is 2.32. The van der Waals surface area contributed by atoms with Gasteiger partial charge >= 0.3 is 0 Å². The van der Waals surface area contributed by atoms with Crippen LogP contribution in [-0.4, -0.2) is 48.8 Å². The molecule has 2 rings (SSSR count). The van der Waals surface area contributed by atoms with Gasteiger partial charge < -0.3 is 4.48 Å². The summed E-state index contributed by atoms with van der Waals surface area (Å²) in [5.41, 5.74) is 0. The van der Waals surface area contributed by atoms with Crippen molar-refractivity contribution in [2.24, 2.45) is 0 Å². The van der Waals surface area contributed by atoms with E-state index >= 15 is 0 Å². The smallest absolute Gasteiger partial charge is 0.135 e. The zero-order chi connectivity index (χ0) is 10.0. The quantitative estimate of drug-likeness (QED) is 0.613. The summed E-state index contributed by atoms with van der Waals surface area (Å²) in [5.74, 6) is 0. The van der Waals surface area contributed by atoms with Gasteiger partial charge in [0.05, 0.1) is 20.1 Å². The van der Waals surface area contributed by atoms with Crippen molar-refractivity contribution in [1.82, 2.24) is 4.90 Å². The molecule has 0 aromatic carbocycles. The van der Waals surface area contributed by atoms with Gasteiger partial charge in [-0.05, 0) is 19.8 Å². The standard InChI is InChI=1S/C12H25N2/c1-3-14(2)10-6-9-13(11-14)12-7-4-5-8-12/h12H,3-11H2,1-2H3/q+1/t14-/m1/s1. The molecule has 0 spiro atoms. The molecule has 1 saturated heterocycles. The van der Waals surface area contributed by atoms with Gasteiger partial charge in [-0.2, -0.15) is 0 Å². The average molecular weight is 197 g/mol. The topological polar surface area (TPSA) is 3.24 Å². The van der Waals surface area contributed by atoms with E-state index in [9.17, 15) is 0 Å². The van der Waals surface area contributed by atoms with Crippen molar-refractivity contribution in [3.63, 3.8) is 0 Å². The van der Waals surface area contributed by atoms with Crippen molar-refractivity contribution in [3.05, 3.63) is 0 Å². The lowest BCUT2D eigenvalue weighted by Crippen LogP contribution is -2.58. The van der Waals surface area contributed by atoms with Crippen molar-refractivity contribution in [2.75, 3.05) is 33.4 Å².